The second kappa shape index (κ2) is 18.8. The van der Waals surface area contributed by atoms with Crippen molar-refractivity contribution in [2.45, 2.75) is 43.0 Å². The number of carbonyl (C=O) groups is 2. The molecule has 4 heterocycles. The molecule has 2 aromatic carbocycles. The van der Waals surface area contributed by atoms with Crippen LogP contribution in [-0.2, 0) is 16.1 Å². The third-order valence-corrected chi connectivity index (χ3v) is 12.7. The molecule has 6 aromatic rings. The summed E-state index contributed by atoms with van der Waals surface area (Å²) in [6.07, 6.45) is -20.3. The standard InChI is InChI=1S/C19H10Cl3F7N2O2S.C17H6Cl3F7N2O2S/c1-2-33-16(32)10-5-13(34-15(10)22)8-6-30-31(7-8)14-11(20)3-9(4-12(14)21)17(23,18(24,25)26)19(27,28)29;18-9-1-7(15(21,16(22,23)24)17(25,26)27)2-10(19)12(9)29-5-6(4-28-29)11-3-8(14(30)31)13(20)32-11/h3-7H,2H2,1H3;1-5H,(H,30,31). The van der Waals surface area contributed by atoms with Gasteiger partial charge in [0.15, 0.2) is 0 Å². The average Bonchev–Trinajstić information content (AvgIpc) is 3.99. The van der Waals surface area contributed by atoms with E-state index < -0.39 is 79.2 Å². The van der Waals surface area contributed by atoms with E-state index in [0.29, 0.717) is 20.9 Å². The molecule has 0 bridgehead atoms. The summed E-state index contributed by atoms with van der Waals surface area (Å²) in [6.45, 7) is 1.73. The number of hydrogen-bond acceptors (Lipinski definition) is 7. The molecule has 0 saturated heterocycles. The van der Waals surface area contributed by atoms with Gasteiger partial charge < -0.3 is 9.84 Å². The number of nitrogens with zero attached hydrogens (tertiary/aromatic N) is 4. The largest absolute Gasteiger partial charge is 0.478 e. The lowest BCUT2D eigenvalue weighted by Gasteiger charge is -2.30. The van der Waals surface area contributed by atoms with Gasteiger partial charge in [-0.15, -0.1) is 22.7 Å². The fourth-order valence-electron chi connectivity index (χ4n) is 5.60. The van der Waals surface area contributed by atoms with E-state index in [-0.39, 0.29) is 62.0 Å². The number of aromatic nitrogens is 4. The van der Waals surface area contributed by atoms with Crippen LogP contribution < -0.4 is 0 Å². The molecule has 8 nitrogen and oxygen atoms in total. The summed E-state index contributed by atoms with van der Waals surface area (Å²) in [5.74, 6) is -1.94. The van der Waals surface area contributed by atoms with E-state index in [1.165, 1.54) is 36.9 Å². The van der Waals surface area contributed by atoms with Crippen LogP contribution in [0.3, 0.4) is 0 Å². The van der Waals surface area contributed by atoms with Crippen molar-refractivity contribution in [3.05, 3.63) is 112 Å². The predicted molar refractivity (Wildman–Crippen MR) is 217 cm³/mol. The fraction of sp³-hybridized carbons (Fsp3) is 0.222. The summed E-state index contributed by atoms with van der Waals surface area (Å²) in [5, 5.41) is 14.0. The molecule has 0 radical (unpaired) electrons. The van der Waals surface area contributed by atoms with Crippen molar-refractivity contribution in [2.75, 3.05) is 6.61 Å². The van der Waals surface area contributed by atoms with Crippen LogP contribution in [0.15, 0.2) is 61.2 Å². The molecule has 0 saturated carbocycles. The van der Waals surface area contributed by atoms with Gasteiger partial charge in [0.2, 0.25) is 0 Å². The highest BCUT2D eigenvalue weighted by atomic mass is 35.5. The van der Waals surface area contributed by atoms with Gasteiger partial charge in [0.1, 0.15) is 20.0 Å². The molecule has 0 amide bonds. The summed E-state index contributed by atoms with van der Waals surface area (Å²) in [4.78, 5) is 23.8. The van der Waals surface area contributed by atoms with Gasteiger partial charge in [-0.25, -0.2) is 27.7 Å². The van der Waals surface area contributed by atoms with Crippen LogP contribution >= 0.6 is 92.3 Å². The van der Waals surface area contributed by atoms with Crippen molar-refractivity contribution in [1.82, 2.24) is 19.6 Å². The number of rotatable bonds is 9. The Morgan fingerprint density at radius 3 is 1.18 bits per heavy atom. The Kier molecular flexibility index (Phi) is 15.1. The molecule has 66 heavy (non-hydrogen) atoms. The maximum absolute atomic E-state index is 14.4. The molecule has 0 fully saturated rings. The summed E-state index contributed by atoms with van der Waals surface area (Å²) < 4.78 is 192. The Morgan fingerprint density at radius 2 is 0.894 bits per heavy atom. The molecule has 4 aromatic heterocycles. The Labute approximate surface area is 396 Å². The molecular formula is C36H16Cl6F14N4O4S2. The van der Waals surface area contributed by atoms with Crippen LogP contribution in [0.25, 0.3) is 32.3 Å². The minimum atomic E-state index is -6.33. The first-order valence-corrected chi connectivity index (χ1v) is 20.8. The molecular weight excluding hydrogens is 1100 g/mol. The molecule has 0 aliphatic rings. The van der Waals surface area contributed by atoms with Gasteiger partial charge in [-0.1, -0.05) is 69.6 Å². The normalized spacial score (nSPS) is 12.9. The number of hydrogen-bond donors (Lipinski definition) is 1. The molecule has 0 unspecified atom stereocenters. The lowest BCUT2D eigenvalue weighted by molar-refractivity contribution is -0.349. The summed E-state index contributed by atoms with van der Waals surface area (Å²) in [7, 11) is 0. The van der Waals surface area contributed by atoms with E-state index in [4.69, 9.17) is 79.4 Å². The quantitative estimate of drug-likeness (QED) is 0.114. The highest BCUT2D eigenvalue weighted by molar-refractivity contribution is 7.20. The monoisotopic (exact) mass is 1110 g/mol. The van der Waals surface area contributed by atoms with Crippen molar-refractivity contribution in [2.24, 2.45) is 0 Å². The Balaban J connectivity index is 0.000000248. The van der Waals surface area contributed by atoms with Crippen molar-refractivity contribution in [3.63, 3.8) is 0 Å². The Morgan fingerprint density at radius 1 is 0.576 bits per heavy atom. The number of carboxylic acids is 1. The van der Waals surface area contributed by atoms with Gasteiger partial charge in [0.25, 0.3) is 0 Å². The lowest BCUT2D eigenvalue weighted by Crippen LogP contribution is -2.50. The second-order valence-electron chi connectivity index (χ2n) is 12.9. The van der Waals surface area contributed by atoms with Crippen LogP contribution in [0.4, 0.5) is 61.5 Å². The van der Waals surface area contributed by atoms with Gasteiger partial charge >= 0.3 is 48.0 Å². The van der Waals surface area contributed by atoms with E-state index in [9.17, 15) is 71.1 Å². The van der Waals surface area contributed by atoms with Crippen LogP contribution in [0.2, 0.25) is 28.8 Å². The molecule has 0 aliphatic carbocycles. The zero-order valence-corrected chi connectivity index (χ0v) is 37.5. The number of ether oxygens (including phenoxy) is 1. The van der Waals surface area contributed by atoms with E-state index in [1.807, 2.05) is 0 Å². The zero-order chi connectivity index (χ0) is 49.9. The Bertz CT molecular complexity index is 2740. The van der Waals surface area contributed by atoms with Gasteiger partial charge in [0.05, 0.1) is 50.2 Å². The van der Waals surface area contributed by atoms with Crippen LogP contribution in [0.1, 0.15) is 38.8 Å². The van der Waals surface area contributed by atoms with Gasteiger partial charge in [0, 0.05) is 44.4 Å². The van der Waals surface area contributed by atoms with E-state index in [2.05, 4.69) is 10.2 Å². The average molecular weight is 1110 g/mol. The van der Waals surface area contributed by atoms with Crippen molar-refractivity contribution < 1.29 is 80.9 Å². The molecule has 0 aliphatic heterocycles. The number of esters is 1. The number of carboxylic acid groups (broad SMARTS) is 1. The second-order valence-corrected chi connectivity index (χ2v) is 17.8. The minimum absolute atomic E-state index is 0.0285. The number of halogens is 20. The lowest BCUT2D eigenvalue weighted by atomic mass is 9.94. The third-order valence-electron chi connectivity index (χ3n) is 8.68. The van der Waals surface area contributed by atoms with E-state index in [1.54, 1.807) is 6.92 Å². The SMILES string of the molecule is CCOC(=O)c1cc(-c2cnn(-c3c(Cl)cc(C(F)(C(F)(F)F)C(F)(F)F)cc3Cl)c2)sc1Cl.O=C(O)c1cc(-c2cnn(-c3c(Cl)cc(C(F)(C(F)(F)F)C(F)(F)F)cc3Cl)c2)sc1Cl. The number of carbonyl (C=O) groups excluding carboxylic acids is 1. The third kappa shape index (κ3) is 9.92. The van der Waals surface area contributed by atoms with Gasteiger partial charge in [-0.3, -0.25) is 0 Å². The van der Waals surface area contributed by atoms with Crippen LogP contribution in [0.5, 0.6) is 0 Å². The van der Waals surface area contributed by atoms with Crippen LogP contribution in [0, 0.1) is 0 Å². The molecule has 356 valence electrons. The highest BCUT2D eigenvalue weighted by Crippen LogP contribution is 2.56. The predicted octanol–water partition coefficient (Wildman–Crippen LogP) is 15.6. The minimum Gasteiger partial charge on any atom is -0.478 e. The molecule has 0 spiro atoms. The van der Waals surface area contributed by atoms with Crippen LogP contribution in [-0.4, -0.2) is 67.9 Å². The maximum atomic E-state index is 14.4. The molecule has 0 atom stereocenters. The highest BCUT2D eigenvalue weighted by Gasteiger charge is 2.74. The first-order valence-electron chi connectivity index (χ1n) is 16.9. The number of benzene rings is 2. The Hall–Kier alpha value is -4.04. The first-order chi connectivity index (χ1) is 30.2. The summed E-state index contributed by atoms with van der Waals surface area (Å²) >= 11 is 37.3. The molecule has 30 heteroatoms. The fourth-order valence-corrected chi connectivity index (χ4v) is 9.38. The number of aromatic carboxylic acids is 1. The molecule has 6 rings (SSSR count). The van der Waals surface area contributed by atoms with Crippen molar-refractivity contribution >= 4 is 104 Å². The molecule has 1 N–H and O–H groups in total. The summed E-state index contributed by atoms with van der Waals surface area (Å²) in [6, 6.07) is 3.36. The number of thiophene rings is 2. The van der Waals surface area contributed by atoms with Crippen molar-refractivity contribution in [3.8, 4) is 32.3 Å². The number of alkyl halides is 14. The van der Waals surface area contributed by atoms with Gasteiger partial charge in [-0.05, 0) is 43.3 Å². The summed E-state index contributed by atoms with van der Waals surface area (Å²) in [5.41, 5.74) is -15.1. The topological polar surface area (TPSA) is 99.2 Å². The van der Waals surface area contributed by atoms with Crippen molar-refractivity contribution in [1.29, 1.82) is 0 Å². The first kappa shape index (κ1) is 52.9. The van der Waals surface area contributed by atoms with Gasteiger partial charge in [-0.2, -0.15) is 62.9 Å². The maximum Gasteiger partial charge on any atom is 0.435 e. The zero-order valence-electron chi connectivity index (χ0n) is 31.3. The van der Waals surface area contributed by atoms with E-state index >= 15 is 0 Å². The smallest absolute Gasteiger partial charge is 0.435 e. The van der Waals surface area contributed by atoms with E-state index in [0.717, 1.165) is 32.0 Å².